The number of aryl methyl sites for hydroxylation is 1. The van der Waals surface area contributed by atoms with Crippen LogP contribution in [0.25, 0.3) is 11.0 Å². The second kappa shape index (κ2) is 4.28. The zero-order valence-corrected chi connectivity index (χ0v) is 10.9. The molecule has 0 aliphatic carbocycles. The molecule has 0 aliphatic rings. The van der Waals surface area contributed by atoms with Crippen molar-refractivity contribution < 1.29 is 4.42 Å². The zero-order chi connectivity index (χ0) is 11.9. The highest BCUT2D eigenvalue weighted by Crippen LogP contribution is 2.36. The van der Waals surface area contributed by atoms with Crippen LogP contribution in [0.15, 0.2) is 16.5 Å². The summed E-state index contributed by atoms with van der Waals surface area (Å²) in [7, 11) is 1.89. The van der Waals surface area contributed by atoms with E-state index in [0.29, 0.717) is 10.0 Å². The number of benzene rings is 1. The smallest absolute Gasteiger partial charge is 0.137 e. The molecule has 1 aromatic heterocycles. The van der Waals surface area contributed by atoms with Gasteiger partial charge in [-0.15, -0.1) is 0 Å². The van der Waals surface area contributed by atoms with Gasteiger partial charge < -0.3 is 9.73 Å². The Bertz CT molecular complexity index is 533. The first kappa shape index (κ1) is 11.8. The topological polar surface area (TPSA) is 25.2 Å². The standard InChI is InChI=1S/C12H13Cl2NO/c1-6-11-9(14)4-8(13)5-10(11)16-12(6)7(2)15-3/h4-5,7,15H,1-3H3. The Morgan fingerprint density at radius 1 is 1.31 bits per heavy atom. The Balaban J connectivity index is 2.73. The van der Waals surface area contributed by atoms with Crippen LogP contribution in [0.5, 0.6) is 0 Å². The zero-order valence-electron chi connectivity index (χ0n) is 9.40. The van der Waals surface area contributed by atoms with Crippen LogP contribution in [0.4, 0.5) is 0 Å². The molecule has 0 spiro atoms. The van der Waals surface area contributed by atoms with Crippen LogP contribution in [0.2, 0.25) is 10.0 Å². The summed E-state index contributed by atoms with van der Waals surface area (Å²) in [5.41, 5.74) is 1.81. The number of furan rings is 1. The summed E-state index contributed by atoms with van der Waals surface area (Å²) in [6.07, 6.45) is 0. The SMILES string of the molecule is CNC(C)c1oc2cc(Cl)cc(Cl)c2c1C. The van der Waals surface area contributed by atoms with Crippen molar-refractivity contribution in [1.29, 1.82) is 0 Å². The van der Waals surface area contributed by atoms with E-state index >= 15 is 0 Å². The Hall–Kier alpha value is -0.700. The molecular weight excluding hydrogens is 245 g/mol. The molecule has 0 saturated carbocycles. The summed E-state index contributed by atoms with van der Waals surface area (Å²) < 4.78 is 5.78. The second-order valence-electron chi connectivity index (χ2n) is 3.86. The number of nitrogens with one attached hydrogen (secondary N) is 1. The van der Waals surface area contributed by atoms with Crippen LogP contribution < -0.4 is 5.32 Å². The van der Waals surface area contributed by atoms with Crippen molar-refractivity contribution in [3.05, 3.63) is 33.5 Å². The third-order valence-electron chi connectivity index (χ3n) is 2.81. The number of fused-ring (bicyclic) bond motifs is 1. The molecule has 1 atom stereocenters. The van der Waals surface area contributed by atoms with E-state index in [-0.39, 0.29) is 6.04 Å². The highest BCUT2D eigenvalue weighted by atomic mass is 35.5. The fourth-order valence-electron chi connectivity index (χ4n) is 1.86. The number of halogens is 2. The van der Waals surface area contributed by atoms with E-state index in [1.165, 1.54) is 0 Å². The van der Waals surface area contributed by atoms with E-state index in [1.807, 2.05) is 20.9 Å². The predicted octanol–water partition coefficient (Wildman–Crippen LogP) is 4.33. The molecule has 0 fully saturated rings. The summed E-state index contributed by atoms with van der Waals surface area (Å²) in [6, 6.07) is 3.69. The Labute approximate surface area is 105 Å². The van der Waals surface area contributed by atoms with Gasteiger partial charge in [0.2, 0.25) is 0 Å². The first-order valence-corrected chi connectivity index (χ1v) is 5.85. The molecule has 2 nitrogen and oxygen atoms in total. The molecule has 2 rings (SSSR count). The molecule has 4 heteroatoms. The summed E-state index contributed by atoms with van der Waals surface area (Å²) in [5.74, 6) is 0.904. The summed E-state index contributed by atoms with van der Waals surface area (Å²) in [5, 5.41) is 5.32. The van der Waals surface area contributed by atoms with Gasteiger partial charge in [-0.2, -0.15) is 0 Å². The number of rotatable bonds is 2. The molecule has 2 aromatic rings. The maximum Gasteiger partial charge on any atom is 0.137 e. The summed E-state index contributed by atoms with van der Waals surface area (Å²) >= 11 is 12.1. The van der Waals surface area contributed by atoms with Crippen LogP contribution in [0.1, 0.15) is 24.3 Å². The van der Waals surface area contributed by atoms with Gasteiger partial charge in [0.15, 0.2) is 0 Å². The highest BCUT2D eigenvalue weighted by Gasteiger charge is 2.17. The van der Waals surface area contributed by atoms with Gasteiger partial charge in [-0.05, 0) is 27.0 Å². The fraction of sp³-hybridized carbons (Fsp3) is 0.333. The second-order valence-corrected chi connectivity index (χ2v) is 4.71. The number of hydrogen-bond donors (Lipinski definition) is 1. The summed E-state index contributed by atoms with van der Waals surface area (Å²) in [4.78, 5) is 0. The van der Waals surface area contributed by atoms with Crippen molar-refractivity contribution in [1.82, 2.24) is 5.32 Å². The lowest BCUT2D eigenvalue weighted by atomic mass is 10.1. The molecule has 0 radical (unpaired) electrons. The quantitative estimate of drug-likeness (QED) is 0.867. The lowest BCUT2D eigenvalue weighted by Gasteiger charge is -2.06. The lowest BCUT2D eigenvalue weighted by Crippen LogP contribution is -2.12. The molecule has 0 bridgehead atoms. The normalized spacial score (nSPS) is 13.3. The van der Waals surface area contributed by atoms with E-state index in [9.17, 15) is 0 Å². The van der Waals surface area contributed by atoms with E-state index < -0.39 is 0 Å². The van der Waals surface area contributed by atoms with E-state index in [4.69, 9.17) is 27.6 Å². The maximum absolute atomic E-state index is 6.16. The van der Waals surface area contributed by atoms with Crippen molar-refractivity contribution in [3.8, 4) is 0 Å². The Morgan fingerprint density at radius 2 is 2.00 bits per heavy atom. The lowest BCUT2D eigenvalue weighted by molar-refractivity contribution is 0.471. The fourth-order valence-corrected chi connectivity index (χ4v) is 2.47. The third-order valence-corrected chi connectivity index (χ3v) is 3.33. The van der Waals surface area contributed by atoms with Gasteiger partial charge in [-0.25, -0.2) is 0 Å². The van der Waals surface area contributed by atoms with Gasteiger partial charge in [-0.3, -0.25) is 0 Å². The van der Waals surface area contributed by atoms with Gasteiger partial charge in [0.25, 0.3) is 0 Å². The van der Waals surface area contributed by atoms with Crippen molar-refractivity contribution in [3.63, 3.8) is 0 Å². The third kappa shape index (κ3) is 1.81. The first-order chi connectivity index (χ1) is 7.54. The van der Waals surface area contributed by atoms with Crippen LogP contribution >= 0.6 is 23.2 Å². The Morgan fingerprint density at radius 3 is 2.62 bits per heavy atom. The first-order valence-electron chi connectivity index (χ1n) is 5.10. The molecule has 16 heavy (non-hydrogen) atoms. The van der Waals surface area contributed by atoms with Crippen molar-refractivity contribution in [2.75, 3.05) is 7.05 Å². The van der Waals surface area contributed by atoms with Crippen molar-refractivity contribution in [2.45, 2.75) is 19.9 Å². The van der Waals surface area contributed by atoms with Gasteiger partial charge >= 0.3 is 0 Å². The van der Waals surface area contributed by atoms with Gasteiger partial charge in [0, 0.05) is 22.0 Å². The van der Waals surface area contributed by atoms with Gasteiger partial charge in [0.05, 0.1) is 11.1 Å². The highest BCUT2D eigenvalue weighted by molar-refractivity contribution is 6.38. The Kier molecular flexibility index (Phi) is 3.15. The average molecular weight is 258 g/mol. The summed E-state index contributed by atoms with van der Waals surface area (Å²) in [6.45, 7) is 4.05. The minimum absolute atomic E-state index is 0.155. The molecule has 1 unspecified atom stereocenters. The van der Waals surface area contributed by atoms with Crippen LogP contribution in [-0.2, 0) is 0 Å². The van der Waals surface area contributed by atoms with Crippen LogP contribution in [0.3, 0.4) is 0 Å². The largest absolute Gasteiger partial charge is 0.459 e. The molecule has 1 aromatic carbocycles. The number of hydrogen-bond acceptors (Lipinski definition) is 2. The van der Waals surface area contributed by atoms with Crippen LogP contribution in [-0.4, -0.2) is 7.05 Å². The maximum atomic E-state index is 6.16. The van der Waals surface area contributed by atoms with E-state index in [1.54, 1.807) is 12.1 Å². The molecule has 0 saturated heterocycles. The van der Waals surface area contributed by atoms with Gasteiger partial charge in [-0.1, -0.05) is 23.2 Å². The van der Waals surface area contributed by atoms with Gasteiger partial charge in [0.1, 0.15) is 11.3 Å². The monoisotopic (exact) mass is 257 g/mol. The van der Waals surface area contributed by atoms with Crippen LogP contribution in [0, 0.1) is 6.92 Å². The molecule has 86 valence electrons. The molecule has 1 heterocycles. The molecular formula is C12H13Cl2NO. The molecule has 1 N–H and O–H groups in total. The van der Waals surface area contributed by atoms with E-state index in [2.05, 4.69) is 5.32 Å². The van der Waals surface area contributed by atoms with Crippen molar-refractivity contribution in [2.24, 2.45) is 0 Å². The van der Waals surface area contributed by atoms with E-state index in [0.717, 1.165) is 22.3 Å². The molecule has 0 amide bonds. The minimum atomic E-state index is 0.155. The average Bonchev–Trinajstić information content (AvgIpc) is 2.54. The van der Waals surface area contributed by atoms with Crippen molar-refractivity contribution >= 4 is 34.2 Å². The molecule has 0 aliphatic heterocycles. The minimum Gasteiger partial charge on any atom is -0.459 e. The predicted molar refractivity (Wildman–Crippen MR) is 68.4 cm³/mol.